The molecule has 3 heterocycles. The third kappa shape index (κ3) is 5.80. The summed E-state index contributed by atoms with van der Waals surface area (Å²) in [5, 5.41) is 8.11. The van der Waals surface area contributed by atoms with Gasteiger partial charge in [-0.2, -0.15) is 0 Å². The van der Waals surface area contributed by atoms with Gasteiger partial charge in [-0.3, -0.25) is 10.6 Å². The van der Waals surface area contributed by atoms with Crippen molar-refractivity contribution in [2.45, 2.75) is 139 Å². The Kier molecular flexibility index (Phi) is 8.94. The Bertz CT molecular complexity index is 1890. The lowest BCUT2D eigenvalue weighted by atomic mass is 9.67. The van der Waals surface area contributed by atoms with Gasteiger partial charge in [0.05, 0.1) is 24.4 Å². The predicted molar refractivity (Wildman–Crippen MR) is 219 cm³/mol. The number of ether oxygens (including phenoxy) is 1. The summed E-state index contributed by atoms with van der Waals surface area (Å²) in [4.78, 5) is 2.97. The van der Waals surface area contributed by atoms with Crippen LogP contribution in [0, 0.1) is 23.7 Å². The molecular formula is C50H59N3O. The van der Waals surface area contributed by atoms with E-state index in [0.717, 1.165) is 50.9 Å². The van der Waals surface area contributed by atoms with Crippen LogP contribution >= 0.6 is 0 Å². The number of hydrogen-bond acceptors (Lipinski definition) is 4. The van der Waals surface area contributed by atoms with E-state index in [9.17, 15) is 0 Å². The van der Waals surface area contributed by atoms with E-state index in [1.54, 1.807) is 22.4 Å². The summed E-state index contributed by atoms with van der Waals surface area (Å²) >= 11 is 0. The van der Waals surface area contributed by atoms with Gasteiger partial charge in [0.2, 0.25) is 0 Å². The monoisotopic (exact) mass is 717 g/mol. The van der Waals surface area contributed by atoms with Gasteiger partial charge in [-0.15, -0.1) is 0 Å². The highest BCUT2D eigenvalue weighted by atomic mass is 16.5. The highest BCUT2D eigenvalue weighted by molar-refractivity contribution is 5.49. The number of benzene rings is 1. The topological polar surface area (TPSA) is 36.5 Å². The SMILES string of the molecule is C1=CC(C2CC(C3C=CC(C4=CCCC5OC6c7ccccc7C(N7C8=C(CCC=C8)C8CCCCC87)CC6C45)=CC3)NC(C3=CCCC=C3)N2)=CCC1. The van der Waals surface area contributed by atoms with E-state index in [4.69, 9.17) is 4.74 Å². The molecule has 54 heavy (non-hydrogen) atoms. The molecule has 10 aliphatic rings. The Labute approximate surface area is 323 Å². The largest absolute Gasteiger partial charge is 0.369 e. The average Bonchev–Trinajstić information content (AvgIpc) is 3.80. The molecule has 0 spiro atoms. The molecular weight excluding hydrogens is 659 g/mol. The van der Waals surface area contributed by atoms with Gasteiger partial charge in [0.15, 0.2) is 0 Å². The number of nitrogens with zero attached hydrogens (tertiary/aromatic N) is 1. The number of hydrogen-bond donors (Lipinski definition) is 2. The van der Waals surface area contributed by atoms with Gasteiger partial charge in [0.25, 0.3) is 0 Å². The molecule has 0 aromatic heterocycles. The molecule has 1 aromatic carbocycles. The van der Waals surface area contributed by atoms with Crippen molar-refractivity contribution in [3.05, 3.63) is 142 Å². The lowest BCUT2D eigenvalue weighted by Crippen LogP contribution is -2.61. The maximum atomic E-state index is 7.22. The molecule has 7 aliphatic carbocycles. The van der Waals surface area contributed by atoms with Crippen molar-refractivity contribution in [2.24, 2.45) is 23.7 Å². The van der Waals surface area contributed by atoms with Crippen molar-refractivity contribution >= 4 is 0 Å². The molecule has 4 heteroatoms. The fraction of sp³-hybridized carbons (Fsp3) is 0.520. The number of allylic oxidation sites excluding steroid dienone is 10. The molecule has 11 unspecified atom stereocenters. The molecule has 0 radical (unpaired) electrons. The fourth-order valence-corrected chi connectivity index (χ4v) is 12.9. The van der Waals surface area contributed by atoms with Gasteiger partial charge in [-0.25, -0.2) is 0 Å². The molecule has 2 N–H and O–H groups in total. The zero-order chi connectivity index (χ0) is 35.6. The van der Waals surface area contributed by atoms with Crippen LogP contribution in [0.2, 0.25) is 0 Å². The molecule has 1 saturated carbocycles. The third-order valence-electron chi connectivity index (χ3n) is 15.2. The minimum absolute atomic E-state index is 0.201. The lowest BCUT2D eigenvalue weighted by Gasteiger charge is -2.46. The quantitative estimate of drug-likeness (QED) is 0.318. The number of nitrogens with one attached hydrogen (secondary N) is 2. The molecule has 2 saturated heterocycles. The highest BCUT2D eigenvalue weighted by Gasteiger charge is 2.54. The van der Waals surface area contributed by atoms with Crippen LogP contribution in [0.15, 0.2) is 131 Å². The van der Waals surface area contributed by atoms with Crippen molar-refractivity contribution in [1.82, 2.24) is 15.5 Å². The number of rotatable bonds is 5. The van der Waals surface area contributed by atoms with Gasteiger partial charge >= 0.3 is 0 Å². The smallest absolute Gasteiger partial charge is 0.0868 e. The van der Waals surface area contributed by atoms with Crippen molar-refractivity contribution in [3.8, 4) is 0 Å². The summed E-state index contributed by atoms with van der Waals surface area (Å²) in [6, 6.07) is 11.4. The predicted octanol–water partition coefficient (Wildman–Crippen LogP) is 10.7. The normalized spacial score (nSPS) is 39.5. The van der Waals surface area contributed by atoms with Crippen molar-refractivity contribution in [1.29, 1.82) is 0 Å². The van der Waals surface area contributed by atoms with E-state index in [2.05, 4.69) is 113 Å². The Morgan fingerprint density at radius 3 is 2.39 bits per heavy atom. The first-order valence-electron chi connectivity index (χ1n) is 22.0. The molecule has 280 valence electrons. The molecule has 11 rings (SSSR count). The summed E-state index contributed by atoms with van der Waals surface area (Å²) in [6.45, 7) is 0. The van der Waals surface area contributed by atoms with E-state index < -0.39 is 0 Å². The second kappa shape index (κ2) is 14.3. The highest BCUT2D eigenvalue weighted by Crippen LogP contribution is 2.60. The molecule has 3 fully saturated rings. The summed E-state index contributed by atoms with van der Waals surface area (Å²) in [5.74, 6) is 2.23. The standard InChI is InChI=1S/C50H59N3O/c1-3-14-33(15-4-1)42-31-43(52-50(51-42)35-16-5-2-6-17-35)34-28-26-32(27-29-34)36-22-13-25-47-48(36)41-30-46(39-20-7-8-21-40(39)49(41)54-47)53-44-23-11-9-18-37(44)38-19-10-12-24-45(38)53/h3,5,7-8,11,14-17,20-23,26-28,34,38,41-43,45-52H,1-2,4,6,9-10,12-13,18-19,24-25,29-31H2. The summed E-state index contributed by atoms with van der Waals surface area (Å²) in [6.07, 6.45) is 48.7. The van der Waals surface area contributed by atoms with Gasteiger partial charge < -0.3 is 9.64 Å². The van der Waals surface area contributed by atoms with Crippen LogP contribution in [0.3, 0.4) is 0 Å². The van der Waals surface area contributed by atoms with Gasteiger partial charge in [-0.05, 0) is 134 Å². The zero-order valence-corrected chi connectivity index (χ0v) is 32.1. The van der Waals surface area contributed by atoms with E-state index in [1.165, 1.54) is 73.6 Å². The molecule has 1 aromatic rings. The van der Waals surface area contributed by atoms with Crippen molar-refractivity contribution < 1.29 is 4.74 Å². The molecule has 3 aliphatic heterocycles. The zero-order valence-electron chi connectivity index (χ0n) is 32.1. The first kappa shape index (κ1) is 33.9. The third-order valence-corrected chi connectivity index (χ3v) is 15.2. The average molecular weight is 718 g/mol. The van der Waals surface area contributed by atoms with Crippen molar-refractivity contribution in [2.75, 3.05) is 0 Å². The van der Waals surface area contributed by atoms with E-state index in [0.29, 0.717) is 48.0 Å². The van der Waals surface area contributed by atoms with Crippen LogP contribution in [0.5, 0.6) is 0 Å². The van der Waals surface area contributed by atoms with Crippen LogP contribution in [0.4, 0.5) is 0 Å². The Hall–Kier alpha value is -3.44. The molecule has 11 atom stereocenters. The van der Waals surface area contributed by atoms with Crippen LogP contribution in [0.1, 0.15) is 120 Å². The maximum absolute atomic E-state index is 7.22. The van der Waals surface area contributed by atoms with E-state index >= 15 is 0 Å². The van der Waals surface area contributed by atoms with E-state index in [1.807, 2.05) is 0 Å². The summed E-state index contributed by atoms with van der Waals surface area (Å²) in [7, 11) is 0. The van der Waals surface area contributed by atoms with Gasteiger partial charge in [-0.1, -0.05) is 104 Å². The maximum Gasteiger partial charge on any atom is 0.0868 e. The van der Waals surface area contributed by atoms with Gasteiger partial charge in [0, 0.05) is 41.6 Å². The Morgan fingerprint density at radius 2 is 1.56 bits per heavy atom. The van der Waals surface area contributed by atoms with Crippen LogP contribution < -0.4 is 10.6 Å². The van der Waals surface area contributed by atoms with Crippen LogP contribution in [0.25, 0.3) is 0 Å². The van der Waals surface area contributed by atoms with Crippen LogP contribution in [-0.2, 0) is 4.74 Å². The van der Waals surface area contributed by atoms with Crippen molar-refractivity contribution in [3.63, 3.8) is 0 Å². The Morgan fingerprint density at radius 1 is 0.722 bits per heavy atom. The number of fused-ring (bicyclic) bond motifs is 7. The van der Waals surface area contributed by atoms with Crippen LogP contribution in [-0.4, -0.2) is 35.3 Å². The first-order chi connectivity index (χ1) is 26.8. The fourth-order valence-electron chi connectivity index (χ4n) is 12.9. The molecule has 0 bridgehead atoms. The minimum Gasteiger partial charge on any atom is -0.369 e. The first-order valence-corrected chi connectivity index (χ1v) is 22.0. The lowest BCUT2D eigenvalue weighted by molar-refractivity contribution is 0.0125. The second-order valence-electron chi connectivity index (χ2n) is 18.1. The summed E-state index contributed by atoms with van der Waals surface area (Å²) < 4.78 is 7.22. The second-order valence-corrected chi connectivity index (χ2v) is 18.1. The Balaban J connectivity index is 0.866. The van der Waals surface area contributed by atoms with Gasteiger partial charge in [0.1, 0.15) is 0 Å². The van der Waals surface area contributed by atoms with E-state index in [-0.39, 0.29) is 12.3 Å². The minimum atomic E-state index is 0.201. The molecule has 4 nitrogen and oxygen atoms in total. The summed E-state index contributed by atoms with van der Waals surface area (Å²) in [5.41, 5.74) is 12.4. The molecule has 0 amide bonds.